The zero-order valence-corrected chi connectivity index (χ0v) is 61.4. The van der Waals surface area contributed by atoms with Crippen molar-refractivity contribution in [2.75, 3.05) is 96.9 Å². The molecule has 104 heavy (non-hydrogen) atoms. The molecule has 0 aromatic heterocycles. The van der Waals surface area contributed by atoms with E-state index < -0.39 is 195 Å². The van der Waals surface area contributed by atoms with Crippen molar-refractivity contribution < 1.29 is 107 Å². The van der Waals surface area contributed by atoms with Gasteiger partial charge >= 0.3 is 5.97 Å². The average Bonchev–Trinajstić information content (AvgIpc) is 1.54. The minimum absolute atomic E-state index is 0.00859. The minimum Gasteiger partial charge on any atom is -0.456 e. The van der Waals surface area contributed by atoms with E-state index in [0.717, 1.165) is 0 Å². The Morgan fingerprint density at radius 2 is 0.981 bits per heavy atom. The number of amides is 6. The fourth-order valence-corrected chi connectivity index (χ4v) is 15.9. The van der Waals surface area contributed by atoms with Crippen LogP contribution in [0.15, 0.2) is 9.98 Å². The van der Waals surface area contributed by atoms with Crippen molar-refractivity contribution in [1.29, 1.82) is 0 Å². The molecule has 594 valence electrons. The van der Waals surface area contributed by atoms with E-state index in [-0.39, 0.29) is 128 Å². The molecule has 0 aromatic rings. The van der Waals surface area contributed by atoms with Gasteiger partial charge in [0.15, 0.2) is 30.6 Å². The molecule has 0 radical (unpaired) electrons. The van der Waals surface area contributed by atoms with Crippen LogP contribution in [0.5, 0.6) is 0 Å². The quantitative estimate of drug-likeness (QED) is 0.00898. The third-order valence-electron chi connectivity index (χ3n) is 19.1. The fraction of sp³-hybridized carbons (Fsp3) is 0.859. The van der Waals surface area contributed by atoms with Crippen LogP contribution < -0.4 is 56.9 Å². The summed E-state index contributed by atoms with van der Waals surface area (Å²) in [5.41, 5.74) is 52.6. The number of primary amides is 1. The molecule has 7 fully saturated rings. The zero-order chi connectivity index (χ0) is 76.2. The van der Waals surface area contributed by atoms with E-state index in [0.29, 0.717) is 50.4 Å². The lowest BCUT2D eigenvalue weighted by atomic mass is 9.84. The van der Waals surface area contributed by atoms with Crippen LogP contribution in [0.1, 0.15) is 98.3 Å². The molecule has 7 unspecified atom stereocenters. The van der Waals surface area contributed by atoms with Crippen molar-refractivity contribution in [3.8, 4) is 0 Å². The highest BCUT2D eigenvalue weighted by atomic mass is 33.1. The molecule has 6 aliphatic heterocycles. The summed E-state index contributed by atoms with van der Waals surface area (Å²) in [4.78, 5) is 113. The van der Waals surface area contributed by atoms with Gasteiger partial charge in [0.05, 0.1) is 43.6 Å². The summed E-state index contributed by atoms with van der Waals surface area (Å²) in [5.74, 6) is -3.11. The largest absolute Gasteiger partial charge is 0.456 e. The lowest BCUT2D eigenvalue weighted by Gasteiger charge is -2.48. The molecule has 25 N–H and O–H groups in total. The standard InChI is InChI=1S/C64H114N16O22S2/c1-31(2)29-96-35-17-39(57(69)90)78(27-35)59(92)41-18-33(94-13-7-11-74-63(70)71)26-80(41)60(93)42-19-34(95-14-8-12-75-64(72)73)25-79(42)58(91)40-20-36(97-30-32(3)4)24-77(40)46(83)23-76-45(82)9-5-15-103-104-16-6-10-47(84)100-56-50(86)43(22-65)98-62(53(56)89)102-55-38(67)21-37(66)54(52(55)88)101-61-51(87)48(68)49(85)44(28-81)99-61/h31-44,48-56,61-62,81,85-89H,5-30,65-68H2,1-4H3,(H2,69,90)(H,76,82)(H4,70,71,74)(H4,72,73,75)/t33-,34-,35-,36-,37?,38+,39+,40+,41+,42+,43-,44?,48?,49-,50-,51+,52?,53-,54+,55?,56?,61+,62?/m1/s1. The van der Waals surface area contributed by atoms with Crippen molar-refractivity contribution in [2.45, 2.75) is 239 Å². The molecule has 1 saturated carbocycles. The van der Waals surface area contributed by atoms with Gasteiger partial charge in [-0.25, -0.2) is 0 Å². The summed E-state index contributed by atoms with van der Waals surface area (Å²) in [6.45, 7) is 7.96. The van der Waals surface area contributed by atoms with Crippen LogP contribution in [0.4, 0.5) is 0 Å². The number of esters is 1. The molecule has 23 atom stereocenters. The number of hydrogen-bond donors (Lipinski definition) is 16. The molecule has 38 nitrogen and oxygen atoms in total. The Morgan fingerprint density at radius 3 is 1.45 bits per heavy atom. The van der Waals surface area contributed by atoms with Crippen LogP contribution in [0.25, 0.3) is 0 Å². The van der Waals surface area contributed by atoms with Crippen LogP contribution in [-0.2, 0) is 76.2 Å². The number of carbonyl (C=O) groups is 7. The van der Waals surface area contributed by atoms with Crippen molar-refractivity contribution in [2.24, 2.45) is 73.4 Å². The number of nitrogens with two attached hydrogens (primary N) is 9. The molecule has 6 heterocycles. The minimum atomic E-state index is -1.81. The van der Waals surface area contributed by atoms with Gasteiger partial charge in [-0.15, -0.1) is 0 Å². The molecule has 0 aromatic carbocycles. The number of nitrogens with one attached hydrogen (secondary N) is 1. The maximum atomic E-state index is 15.4. The van der Waals surface area contributed by atoms with Gasteiger partial charge in [0.25, 0.3) is 0 Å². The lowest BCUT2D eigenvalue weighted by molar-refractivity contribution is -0.332. The third kappa shape index (κ3) is 23.9. The van der Waals surface area contributed by atoms with Crippen LogP contribution in [0.3, 0.4) is 0 Å². The van der Waals surface area contributed by atoms with Gasteiger partial charge in [-0.2, -0.15) is 0 Å². The van der Waals surface area contributed by atoms with E-state index in [2.05, 4.69) is 15.3 Å². The number of aliphatic hydroxyl groups is 6. The predicted molar refractivity (Wildman–Crippen MR) is 377 cm³/mol. The van der Waals surface area contributed by atoms with Crippen molar-refractivity contribution in [1.82, 2.24) is 24.9 Å². The first-order chi connectivity index (χ1) is 49.4. The molecule has 6 amide bonds. The first kappa shape index (κ1) is 86.1. The van der Waals surface area contributed by atoms with Gasteiger partial charge in [0.1, 0.15) is 79.1 Å². The Balaban J connectivity index is 0.919. The second kappa shape index (κ2) is 41.4. The molecular formula is C64H114N16O22S2. The van der Waals surface area contributed by atoms with Crippen LogP contribution >= 0.6 is 21.6 Å². The van der Waals surface area contributed by atoms with Gasteiger partial charge in [-0.1, -0.05) is 49.3 Å². The van der Waals surface area contributed by atoms with Gasteiger partial charge in [-0.3, -0.25) is 43.5 Å². The molecule has 1 aliphatic carbocycles. The Hall–Kier alpha value is -5.19. The highest BCUT2D eigenvalue weighted by Crippen LogP contribution is 2.36. The predicted octanol–water partition coefficient (Wildman–Crippen LogP) is -7.61. The second-order valence-corrected chi connectivity index (χ2v) is 31.0. The Kier molecular flexibility index (Phi) is 34.3. The number of likely N-dealkylation sites (tertiary alicyclic amines) is 4. The molecule has 7 rings (SSSR count). The van der Waals surface area contributed by atoms with Gasteiger partial charge in [0.2, 0.25) is 35.4 Å². The number of aliphatic imine (C=N–C) groups is 2. The number of carbonyl (C=O) groups excluding carboxylic acids is 7. The van der Waals surface area contributed by atoms with Gasteiger partial charge in [-0.05, 0) is 43.9 Å². The summed E-state index contributed by atoms with van der Waals surface area (Å²) < 4.78 is 53.6. The molecular weight excluding hydrogens is 1410 g/mol. The number of nitrogens with zero attached hydrogens (tertiary/aromatic N) is 6. The van der Waals surface area contributed by atoms with Crippen LogP contribution in [-0.4, -0.2) is 341 Å². The van der Waals surface area contributed by atoms with E-state index in [1.165, 1.54) is 41.2 Å². The number of hydrogen-bond acceptors (Lipinski definition) is 30. The van der Waals surface area contributed by atoms with E-state index >= 15 is 9.59 Å². The zero-order valence-electron chi connectivity index (χ0n) is 59.7. The molecule has 7 aliphatic rings. The molecule has 6 saturated heterocycles. The van der Waals surface area contributed by atoms with Crippen molar-refractivity contribution in [3.63, 3.8) is 0 Å². The maximum absolute atomic E-state index is 15.4. The summed E-state index contributed by atoms with van der Waals surface area (Å²) >= 11 is 0. The van der Waals surface area contributed by atoms with Crippen molar-refractivity contribution >= 4 is 74.9 Å². The Morgan fingerprint density at radius 1 is 0.538 bits per heavy atom. The first-order valence-corrected chi connectivity index (χ1v) is 38.3. The smallest absolute Gasteiger partial charge is 0.306 e. The Labute approximate surface area is 613 Å². The van der Waals surface area contributed by atoms with Gasteiger partial charge in [0, 0.05) is 134 Å². The highest BCUT2D eigenvalue weighted by molar-refractivity contribution is 8.76. The van der Waals surface area contributed by atoms with Gasteiger partial charge < -0.3 is 150 Å². The SMILES string of the molecule is CC(C)CO[C@@H]1C[C@@H](C(=O)N2C[C@H](OCCCN=C(N)N)C[C@H]2C(=O)N2C[C@H](OCCCN=C(N)N)C[C@H]2C(=O)N2C[C@H](OCC(C)C)C[C@H]2C(N)=O)N(C(=O)CNC(=O)CCCSSCCCC(=O)OC2[C@@H](O)C(OC3C(O)[C@@H](O[C@@H]4OC(CO)[C@@H](O)C(N)[C@@H]4O)C(N)C[C@@H]3N)O[C@H](CN)[C@H]2O)C1. The summed E-state index contributed by atoms with van der Waals surface area (Å²) in [5, 5.41) is 67.4. The molecule has 0 bridgehead atoms. The van der Waals surface area contributed by atoms with E-state index in [1.807, 2.05) is 27.7 Å². The number of rotatable bonds is 38. The van der Waals surface area contributed by atoms with E-state index in [1.54, 1.807) is 0 Å². The molecule has 0 spiro atoms. The van der Waals surface area contributed by atoms with Crippen LogP contribution in [0, 0.1) is 11.8 Å². The lowest BCUT2D eigenvalue weighted by Crippen LogP contribution is -2.68. The van der Waals surface area contributed by atoms with E-state index in [4.69, 9.17) is 94.2 Å². The first-order valence-electron chi connectivity index (χ1n) is 35.8. The Bertz CT molecular complexity index is 2850. The normalized spacial score (nSPS) is 33.7. The summed E-state index contributed by atoms with van der Waals surface area (Å²) in [6.07, 6.45) is -18.7. The van der Waals surface area contributed by atoms with E-state index in [9.17, 15) is 54.6 Å². The second-order valence-electron chi connectivity index (χ2n) is 28.3. The third-order valence-corrected chi connectivity index (χ3v) is 21.7. The topological polar surface area (TPSA) is 608 Å². The number of ether oxygens (including phenoxy) is 9. The summed E-state index contributed by atoms with van der Waals surface area (Å²) in [6, 6.07) is -7.71. The monoisotopic (exact) mass is 1520 g/mol. The molecule has 40 heteroatoms. The maximum Gasteiger partial charge on any atom is 0.306 e. The van der Waals surface area contributed by atoms with Crippen LogP contribution in [0.2, 0.25) is 0 Å². The fourth-order valence-electron chi connectivity index (χ4n) is 13.7. The highest BCUT2D eigenvalue weighted by Gasteiger charge is 2.56. The average molecular weight is 1520 g/mol. The summed E-state index contributed by atoms with van der Waals surface area (Å²) in [7, 11) is 2.87. The van der Waals surface area contributed by atoms with Crippen molar-refractivity contribution in [3.05, 3.63) is 0 Å². The number of aliphatic hydroxyl groups excluding tert-OH is 6. The number of guanidine groups is 2.